The SMILES string of the molecule is Cc1cc(NC(=O)CNC(C)c2cccs2)n(-c2ccccc2)n1. The van der Waals surface area contributed by atoms with E-state index >= 15 is 0 Å². The summed E-state index contributed by atoms with van der Waals surface area (Å²) < 4.78 is 1.75. The van der Waals surface area contributed by atoms with Gasteiger partial charge in [-0.15, -0.1) is 11.3 Å². The first kappa shape index (κ1) is 16.4. The van der Waals surface area contributed by atoms with Crippen molar-refractivity contribution in [2.24, 2.45) is 0 Å². The molecule has 0 radical (unpaired) electrons. The van der Waals surface area contributed by atoms with Crippen LogP contribution in [0.1, 0.15) is 23.5 Å². The van der Waals surface area contributed by atoms with Gasteiger partial charge in [0.2, 0.25) is 5.91 Å². The highest BCUT2D eigenvalue weighted by Gasteiger charge is 2.12. The number of carbonyl (C=O) groups excluding carboxylic acids is 1. The topological polar surface area (TPSA) is 59.0 Å². The summed E-state index contributed by atoms with van der Waals surface area (Å²) in [6.07, 6.45) is 0. The lowest BCUT2D eigenvalue weighted by molar-refractivity contribution is -0.115. The minimum Gasteiger partial charge on any atom is -0.309 e. The number of hydrogen-bond donors (Lipinski definition) is 2. The first-order chi connectivity index (χ1) is 11.6. The zero-order valence-electron chi connectivity index (χ0n) is 13.7. The number of nitrogens with one attached hydrogen (secondary N) is 2. The van der Waals surface area contributed by atoms with Crippen LogP contribution < -0.4 is 10.6 Å². The lowest BCUT2D eigenvalue weighted by Gasteiger charge is -2.13. The molecule has 3 rings (SSSR count). The summed E-state index contributed by atoms with van der Waals surface area (Å²) in [6, 6.07) is 15.9. The summed E-state index contributed by atoms with van der Waals surface area (Å²) in [5, 5.41) is 12.7. The Kier molecular flexibility index (Phi) is 5.08. The Labute approximate surface area is 145 Å². The number of para-hydroxylation sites is 1. The average molecular weight is 340 g/mol. The summed E-state index contributed by atoms with van der Waals surface area (Å²) in [7, 11) is 0. The summed E-state index contributed by atoms with van der Waals surface area (Å²) in [4.78, 5) is 13.5. The normalized spacial score (nSPS) is 12.1. The number of benzene rings is 1. The highest BCUT2D eigenvalue weighted by molar-refractivity contribution is 7.10. The van der Waals surface area contributed by atoms with Gasteiger partial charge in [-0.1, -0.05) is 24.3 Å². The van der Waals surface area contributed by atoms with Gasteiger partial charge in [-0.05, 0) is 37.4 Å². The number of hydrogen-bond acceptors (Lipinski definition) is 4. The van der Waals surface area contributed by atoms with Crippen molar-refractivity contribution in [3.63, 3.8) is 0 Å². The molecule has 1 atom stereocenters. The number of carbonyl (C=O) groups is 1. The second-order valence-corrected chi connectivity index (χ2v) is 6.56. The molecule has 0 aliphatic heterocycles. The molecule has 0 saturated carbocycles. The summed E-state index contributed by atoms with van der Waals surface area (Å²) in [5.41, 5.74) is 1.77. The Morgan fingerprint density at radius 3 is 2.75 bits per heavy atom. The molecular formula is C18H20N4OS. The van der Waals surface area contributed by atoms with E-state index in [1.165, 1.54) is 4.88 Å². The van der Waals surface area contributed by atoms with Crippen LogP contribution in [0.4, 0.5) is 5.82 Å². The second kappa shape index (κ2) is 7.42. The number of amides is 1. The van der Waals surface area contributed by atoms with Crippen molar-refractivity contribution < 1.29 is 4.79 Å². The maximum absolute atomic E-state index is 12.3. The number of aryl methyl sites for hydroxylation is 1. The molecule has 2 heterocycles. The summed E-state index contributed by atoms with van der Waals surface area (Å²) in [5.74, 6) is 0.588. The van der Waals surface area contributed by atoms with Crippen molar-refractivity contribution in [2.75, 3.05) is 11.9 Å². The van der Waals surface area contributed by atoms with E-state index in [2.05, 4.69) is 28.7 Å². The predicted octanol–water partition coefficient (Wildman–Crippen LogP) is 3.53. The van der Waals surface area contributed by atoms with Gasteiger partial charge in [0, 0.05) is 17.0 Å². The van der Waals surface area contributed by atoms with E-state index in [0.717, 1.165) is 11.4 Å². The molecule has 6 heteroatoms. The maximum atomic E-state index is 12.3. The third-order valence-electron chi connectivity index (χ3n) is 3.64. The van der Waals surface area contributed by atoms with E-state index in [1.54, 1.807) is 16.0 Å². The van der Waals surface area contributed by atoms with Crippen molar-refractivity contribution in [1.82, 2.24) is 15.1 Å². The predicted molar refractivity (Wildman–Crippen MR) is 97.7 cm³/mol. The standard InChI is InChI=1S/C18H20N4OS/c1-13-11-17(22(21-13)15-7-4-3-5-8-15)20-18(23)12-19-14(2)16-9-6-10-24-16/h3-11,14,19H,12H2,1-2H3,(H,20,23). The highest BCUT2D eigenvalue weighted by atomic mass is 32.1. The van der Waals surface area contributed by atoms with Crippen molar-refractivity contribution >= 4 is 23.1 Å². The summed E-state index contributed by atoms with van der Waals surface area (Å²) in [6.45, 7) is 4.21. The fourth-order valence-corrected chi connectivity index (χ4v) is 3.18. The van der Waals surface area contributed by atoms with Crippen LogP contribution in [0, 0.1) is 6.92 Å². The van der Waals surface area contributed by atoms with Gasteiger partial charge < -0.3 is 10.6 Å². The van der Waals surface area contributed by atoms with Crippen molar-refractivity contribution in [2.45, 2.75) is 19.9 Å². The Bertz CT molecular complexity index is 796. The van der Waals surface area contributed by atoms with E-state index in [1.807, 2.05) is 54.8 Å². The van der Waals surface area contributed by atoms with Crippen molar-refractivity contribution in [3.8, 4) is 5.69 Å². The zero-order chi connectivity index (χ0) is 16.9. The maximum Gasteiger partial charge on any atom is 0.239 e. The van der Waals surface area contributed by atoms with Crippen LogP contribution in [0.5, 0.6) is 0 Å². The minimum absolute atomic E-state index is 0.0875. The van der Waals surface area contributed by atoms with Gasteiger partial charge in [0.25, 0.3) is 0 Å². The van der Waals surface area contributed by atoms with Gasteiger partial charge in [0.1, 0.15) is 5.82 Å². The molecular weight excluding hydrogens is 320 g/mol. The first-order valence-electron chi connectivity index (χ1n) is 7.82. The average Bonchev–Trinajstić information content (AvgIpc) is 3.23. The van der Waals surface area contributed by atoms with E-state index in [4.69, 9.17) is 0 Å². The minimum atomic E-state index is -0.0875. The third-order valence-corrected chi connectivity index (χ3v) is 4.69. The first-order valence-corrected chi connectivity index (χ1v) is 8.70. The van der Waals surface area contributed by atoms with E-state index in [0.29, 0.717) is 5.82 Å². The zero-order valence-corrected chi connectivity index (χ0v) is 14.5. The van der Waals surface area contributed by atoms with Crippen LogP contribution in [0.15, 0.2) is 53.9 Å². The highest BCUT2D eigenvalue weighted by Crippen LogP contribution is 2.18. The molecule has 2 aromatic heterocycles. The molecule has 0 aliphatic carbocycles. The number of nitrogens with zero attached hydrogens (tertiary/aromatic N) is 2. The Morgan fingerprint density at radius 2 is 2.04 bits per heavy atom. The molecule has 1 amide bonds. The van der Waals surface area contributed by atoms with Gasteiger partial charge >= 0.3 is 0 Å². The quantitative estimate of drug-likeness (QED) is 0.722. The number of anilines is 1. The second-order valence-electron chi connectivity index (χ2n) is 5.58. The Morgan fingerprint density at radius 1 is 1.25 bits per heavy atom. The van der Waals surface area contributed by atoms with Gasteiger partial charge in [-0.25, -0.2) is 4.68 Å². The van der Waals surface area contributed by atoms with E-state index in [9.17, 15) is 4.79 Å². The third kappa shape index (κ3) is 3.90. The van der Waals surface area contributed by atoms with Crippen molar-refractivity contribution in [3.05, 3.63) is 64.5 Å². The lowest BCUT2D eigenvalue weighted by Crippen LogP contribution is -2.30. The number of aromatic nitrogens is 2. The summed E-state index contributed by atoms with van der Waals surface area (Å²) >= 11 is 1.68. The van der Waals surface area contributed by atoms with Gasteiger partial charge in [-0.3, -0.25) is 4.79 Å². The number of rotatable bonds is 6. The van der Waals surface area contributed by atoms with Crippen molar-refractivity contribution in [1.29, 1.82) is 0 Å². The molecule has 2 N–H and O–H groups in total. The van der Waals surface area contributed by atoms with Crippen LogP contribution in [0.2, 0.25) is 0 Å². The smallest absolute Gasteiger partial charge is 0.239 e. The van der Waals surface area contributed by atoms with Crippen LogP contribution in [0.3, 0.4) is 0 Å². The number of thiophene rings is 1. The molecule has 0 fully saturated rings. The van der Waals surface area contributed by atoms with Crippen LogP contribution in [-0.4, -0.2) is 22.2 Å². The monoisotopic (exact) mass is 340 g/mol. The molecule has 0 aliphatic rings. The largest absolute Gasteiger partial charge is 0.309 e. The molecule has 0 spiro atoms. The molecule has 3 aromatic rings. The molecule has 5 nitrogen and oxygen atoms in total. The molecule has 0 saturated heterocycles. The Hall–Kier alpha value is -2.44. The molecule has 1 aromatic carbocycles. The van der Waals surface area contributed by atoms with E-state index < -0.39 is 0 Å². The lowest BCUT2D eigenvalue weighted by atomic mass is 10.3. The van der Waals surface area contributed by atoms with Gasteiger partial charge in [-0.2, -0.15) is 5.10 Å². The molecule has 124 valence electrons. The van der Waals surface area contributed by atoms with E-state index in [-0.39, 0.29) is 18.5 Å². The van der Waals surface area contributed by atoms with Crippen LogP contribution in [0.25, 0.3) is 5.69 Å². The van der Waals surface area contributed by atoms with Gasteiger partial charge in [0.15, 0.2) is 0 Å². The molecule has 0 bridgehead atoms. The Balaban J connectivity index is 1.65. The fourth-order valence-electron chi connectivity index (χ4n) is 2.43. The van der Waals surface area contributed by atoms with Gasteiger partial charge in [0.05, 0.1) is 17.9 Å². The molecule has 1 unspecified atom stereocenters. The van der Waals surface area contributed by atoms with Crippen LogP contribution >= 0.6 is 11.3 Å². The fraction of sp³-hybridized carbons (Fsp3) is 0.222. The van der Waals surface area contributed by atoms with Crippen LogP contribution in [-0.2, 0) is 4.79 Å². The molecule has 24 heavy (non-hydrogen) atoms.